The van der Waals surface area contributed by atoms with Gasteiger partial charge in [0.05, 0.1) is 39.0 Å². The number of carboxylic acids is 1. The van der Waals surface area contributed by atoms with Gasteiger partial charge in [-0.3, -0.25) is 67.6 Å². The highest BCUT2D eigenvalue weighted by Crippen LogP contribution is 2.26. The van der Waals surface area contributed by atoms with E-state index in [0.29, 0.717) is 71.0 Å². The standard InChI is InChI=1S/C63H108N18O18/c1-33(2)29-40(74-55(91)45-20-13-27-80(45)60(96)39(17-10-24-68-63(65)66)73-54(90)44-19-12-26-79(44)59(95)38-16-9-23-67-38)61(97)81-28-14-21-46(81)56(92)76-48(34(3)4)57(93)70-35(5)58(94)78-25-11-18-43(78)53(89)69-30-47(85)71-41(31-82)51(87)75-42(32-83)52(88)72-37(15-7-8-22-64)50(86)77-49(36(6)84)62(98)99/h33-46,48-49,63,67-68,82-84H,7-32,64-66H2,1-6H3,(H,69,89)(H,70,93)(H,71,85)(H,72,88)(H,73,90)(H,74,91)(H,75,87)(H,76,92)(H,77,86)(H,98,99)/p+2/t35-,36+,37-,38-,39-,40-,41-,42-,43-,44-,45-,46-,48-,49-/m0/s1. The Morgan fingerprint density at radius 2 is 1.00 bits per heavy atom. The van der Waals surface area contributed by atoms with Crippen molar-refractivity contribution in [1.29, 1.82) is 0 Å². The molecule has 13 amide bonds. The van der Waals surface area contributed by atoms with Crippen molar-refractivity contribution in [2.45, 2.75) is 235 Å². The van der Waals surface area contributed by atoms with Crippen molar-refractivity contribution < 1.29 is 98.6 Å². The number of hydrogen-bond donors (Lipinski definition) is 18. The molecule has 0 aliphatic carbocycles. The molecule has 23 N–H and O–H groups in total. The Hall–Kier alpha value is -7.74. The van der Waals surface area contributed by atoms with Gasteiger partial charge in [0, 0.05) is 39.0 Å². The first kappa shape index (κ1) is 81.9. The van der Waals surface area contributed by atoms with E-state index < -0.39 is 187 Å². The summed E-state index contributed by atoms with van der Waals surface area (Å²) in [5, 5.41) is 66.8. The summed E-state index contributed by atoms with van der Waals surface area (Å²) >= 11 is 0. The first-order chi connectivity index (χ1) is 46.9. The minimum Gasteiger partial charge on any atom is -0.480 e. The van der Waals surface area contributed by atoms with Crippen molar-refractivity contribution >= 4 is 82.8 Å². The SMILES string of the molecule is CC(C)C[C@H](NC(=O)[C@@H]1CCCN1C(=O)[C@H](CCCNC(N)N)NC(=O)[C@@H]1CCCN1C(=O)[C@@H]1CCC[NH2+]1)C(=O)N1CCC[C@H]1C(=O)N[C@H](C(=O)N[C@@H](C)C(=O)N1CCC[C@H]1C(=O)NCC(=O)N[C@@H](CO)C(=O)N[C@@H](CO)C(=O)N[C@@H](CCCC[NH3+])C(=O)N[C@H](C(=O)O)[C@@H](C)O)C(C)C. The van der Waals surface area contributed by atoms with Crippen LogP contribution in [0.25, 0.3) is 0 Å². The number of aliphatic hydroxyl groups excluding tert-OH is 3. The number of aliphatic hydroxyl groups is 3. The number of amides is 13. The Labute approximate surface area is 576 Å². The molecule has 0 spiro atoms. The van der Waals surface area contributed by atoms with Gasteiger partial charge in [0.2, 0.25) is 70.9 Å². The van der Waals surface area contributed by atoms with E-state index in [1.807, 2.05) is 19.2 Å². The van der Waals surface area contributed by atoms with Gasteiger partial charge in [0.25, 0.3) is 5.91 Å². The fraction of sp³-hybridized carbons (Fsp3) is 0.778. The number of aliphatic carboxylic acids is 1. The second kappa shape index (κ2) is 39.9. The van der Waals surface area contributed by atoms with Crippen LogP contribution in [0.1, 0.15) is 144 Å². The molecule has 14 atom stereocenters. The van der Waals surface area contributed by atoms with Gasteiger partial charge in [-0.15, -0.1) is 0 Å². The molecule has 0 radical (unpaired) electrons. The normalized spacial score (nSPS) is 21.9. The largest absolute Gasteiger partial charge is 0.480 e. The Morgan fingerprint density at radius 1 is 0.515 bits per heavy atom. The molecule has 0 aromatic carbocycles. The van der Waals surface area contributed by atoms with Crippen LogP contribution >= 0.6 is 0 Å². The molecule has 0 bridgehead atoms. The first-order valence-electron chi connectivity index (χ1n) is 34.9. The summed E-state index contributed by atoms with van der Waals surface area (Å²) in [5.74, 6) is -11.5. The van der Waals surface area contributed by atoms with Crippen molar-refractivity contribution in [2.24, 2.45) is 23.3 Å². The van der Waals surface area contributed by atoms with Crippen LogP contribution in [0.15, 0.2) is 0 Å². The maximum Gasteiger partial charge on any atom is 0.328 e. The van der Waals surface area contributed by atoms with Gasteiger partial charge >= 0.3 is 5.97 Å². The first-order valence-corrected chi connectivity index (χ1v) is 34.9. The Kier molecular flexibility index (Phi) is 33.0. The predicted octanol–water partition coefficient (Wildman–Crippen LogP) is -9.17. The molecule has 5 heterocycles. The zero-order chi connectivity index (χ0) is 73.4. The molecule has 36 heteroatoms. The summed E-state index contributed by atoms with van der Waals surface area (Å²) in [4.78, 5) is 197. The number of carbonyl (C=O) groups is 14. The van der Waals surface area contributed by atoms with Crippen LogP contribution in [0.3, 0.4) is 0 Å². The number of quaternary nitrogens is 2. The summed E-state index contributed by atoms with van der Waals surface area (Å²) < 4.78 is 0. The Morgan fingerprint density at radius 3 is 1.51 bits per heavy atom. The zero-order valence-corrected chi connectivity index (χ0v) is 57.9. The number of nitrogens with two attached hydrogens (primary N) is 3. The second-order valence-electron chi connectivity index (χ2n) is 27.1. The van der Waals surface area contributed by atoms with Crippen LogP contribution in [0, 0.1) is 11.8 Å². The third-order valence-electron chi connectivity index (χ3n) is 18.5. The zero-order valence-electron chi connectivity index (χ0n) is 57.9. The lowest BCUT2D eigenvalue weighted by molar-refractivity contribution is -0.658. The molecule has 99 heavy (non-hydrogen) atoms. The molecule has 5 saturated heterocycles. The topological polar surface area (TPSA) is 549 Å². The molecular formula is C63H110N18O18+2. The number of likely N-dealkylation sites (tertiary alicyclic amines) is 4. The molecular weight excluding hydrogens is 1300 g/mol. The van der Waals surface area contributed by atoms with Crippen LogP contribution in [0.2, 0.25) is 0 Å². The number of rotatable bonds is 38. The van der Waals surface area contributed by atoms with Gasteiger partial charge in [-0.25, -0.2) is 4.79 Å². The van der Waals surface area contributed by atoms with Crippen LogP contribution in [0.4, 0.5) is 0 Å². The highest BCUT2D eigenvalue weighted by Gasteiger charge is 2.46. The maximum atomic E-state index is 14.7. The molecule has 5 rings (SSSR count). The van der Waals surface area contributed by atoms with E-state index in [-0.39, 0.29) is 76.0 Å². The van der Waals surface area contributed by atoms with E-state index in [1.54, 1.807) is 18.7 Å². The van der Waals surface area contributed by atoms with Crippen LogP contribution in [-0.4, -0.2) is 279 Å². The van der Waals surface area contributed by atoms with Crippen molar-refractivity contribution in [3.8, 4) is 0 Å². The van der Waals surface area contributed by atoms with Crippen molar-refractivity contribution in [1.82, 2.24) is 72.8 Å². The molecule has 0 aromatic rings. The molecule has 0 saturated carbocycles. The van der Waals surface area contributed by atoms with Gasteiger partial charge in [0.1, 0.15) is 72.7 Å². The van der Waals surface area contributed by atoms with Gasteiger partial charge in [-0.2, -0.15) is 0 Å². The number of unbranched alkanes of at least 4 members (excludes halogenated alkanes) is 1. The van der Waals surface area contributed by atoms with Gasteiger partial charge in [-0.1, -0.05) is 27.7 Å². The maximum absolute atomic E-state index is 14.7. The number of carboxylic acid groups (broad SMARTS) is 1. The lowest BCUT2D eigenvalue weighted by Crippen LogP contribution is -2.89. The van der Waals surface area contributed by atoms with E-state index in [0.717, 1.165) is 26.3 Å². The molecule has 5 aliphatic rings. The summed E-state index contributed by atoms with van der Waals surface area (Å²) in [6.45, 7) is 9.25. The van der Waals surface area contributed by atoms with Crippen LogP contribution in [-0.2, 0) is 67.1 Å². The Bertz CT molecular complexity index is 2830. The third kappa shape index (κ3) is 23.7. The highest BCUT2D eigenvalue weighted by molar-refractivity contribution is 6.00. The average molecular weight is 1410 g/mol. The van der Waals surface area contributed by atoms with Crippen LogP contribution < -0.4 is 75.7 Å². The lowest BCUT2D eigenvalue weighted by Gasteiger charge is -2.33. The quantitative estimate of drug-likeness (QED) is 0.0202. The van der Waals surface area contributed by atoms with Gasteiger partial charge in [-0.05, 0) is 122 Å². The van der Waals surface area contributed by atoms with E-state index in [9.17, 15) is 87.5 Å². The van der Waals surface area contributed by atoms with Crippen LogP contribution in [0.5, 0.6) is 0 Å². The minimum atomic E-state index is -1.75. The van der Waals surface area contributed by atoms with E-state index >= 15 is 0 Å². The highest BCUT2D eigenvalue weighted by atomic mass is 16.4. The Balaban J connectivity index is 1.15. The van der Waals surface area contributed by atoms with Crippen molar-refractivity contribution in [2.75, 3.05) is 65.6 Å². The minimum absolute atomic E-state index is 0.0154. The molecule has 5 fully saturated rings. The van der Waals surface area contributed by atoms with E-state index in [4.69, 9.17) is 11.5 Å². The number of nitrogens with zero attached hydrogens (tertiary/aromatic N) is 4. The summed E-state index contributed by atoms with van der Waals surface area (Å²) in [6, 6.07) is -15.5. The number of nitrogens with one attached hydrogen (secondary N) is 10. The lowest BCUT2D eigenvalue weighted by atomic mass is 10.0. The number of carbonyl (C=O) groups excluding carboxylic acids is 13. The van der Waals surface area contributed by atoms with Crippen molar-refractivity contribution in [3.05, 3.63) is 0 Å². The second-order valence-corrected chi connectivity index (χ2v) is 27.1. The third-order valence-corrected chi connectivity index (χ3v) is 18.5. The van der Waals surface area contributed by atoms with E-state index in [1.165, 1.54) is 21.6 Å². The molecule has 558 valence electrons. The summed E-state index contributed by atoms with van der Waals surface area (Å²) in [6.07, 6.45) is 3.76. The molecule has 0 unspecified atom stereocenters. The predicted molar refractivity (Wildman–Crippen MR) is 352 cm³/mol. The van der Waals surface area contributed by atoms with E-state index in [2.05, 4.69) is 58.9 Å². The smallest absolute Gasteiger partial charge is 0.328 e. The summed E-state index contributed by atoms with van der Waals surface area (Å²) in [7, 11) is 0. The fourth-order valence-corrected chi connectivity index (χ4v) is 13.2. The van der Waals surface area contributed by atoms with Gasteiger partial charge in [0.15, 0.2) is 12.1 Å². The van der Waals surface area contributed by atoms with Crippen molar-refractivity contribution in [3.63, 3.8) is 0 Å². The summed E-state index contributed by atoms with van der Waals surface area (Å²) in [5.41, 5.74) is 15.1. The molecule has 5 aliphatic heterocycles. The fourth-order valence-electron chi connectivity index (χ4n) is 13.2. The monoisotopic (exact) mass is 1410 g/mol. The number of hydrogen-bond acceptors (Lipinski definition) is 20. The molecule has 36 nitrogen and oxygen atoms in total. The molecule has 0 aromatic heterocycles. The average Bonchev–Trinajstić information content (AvgIpc) is 1.74. The van der Waals surface area contributed by atoms with Gasteiger partial charge < -0.3 is 110 Å².